The fourth-order valence-electron chi connectivity index (χ4n) is 5.36. The molecule has 0 aliphatic rings. The number of fused-ring (bicyclic) bond motifs is 7. The van der Waals surface area contributed by atoms with Crippen LogP contribution in [-0.4, -0.2) is 9.55 Å². The van der Waals surface area contributed by atoms with E-state index in [0.29, 0.717) is 0 Å². The van der Waals surface area contributed by atoms with E-state index in [0.717, 1.165) is 27.9 Å². The predicted octanol–water partition coefficient (Wildman–Crippen LogP) is 8.96. The molecule has 3 heterocycles. The molecule has 3 aromatic heterocycles. The molecule has 0 amide bonds. The first-order valence-electron chi connectivity index (χ1n) is 11.6. The molecule has 8 aromatic rings. The zero-order valence-electron chi connectivity index (χ0n) is 18.6. The van der Waals surface area contributed by atoms with Crippen LogP contribution < -0.4 is 0 Å². The third-order valence-electron chi connectivity index (χ3n) is 6.94. The number of aromatic nitrogens is 2. The Bertz CT molecular complexity index is 2060. The van der Waals surface area contributed by atoms with E-state index in [1.54, 1.807) is 6.39 Å². The second kappa shape index (κ2) is 7.05. The Labute approximate surface area is 204 Å². The van der Waals surface area contributed by atoms with Crippen molar-refractivity contribution < 1.29 is 4.42 Å². The maximum absolute atomic E-state index is 5.84. The van der Waals surface area contributed by atoms with Crippen LogP contribution in [0.5, 0.6) is 0 Å². The normalized spacial score (nSPS) is 12.0. The second-order valence-corrected chi connectivity index (χ2v) is 9.96. The van der Waals surface area contributed by atoms with Crippen LogP contribution in [-0.2, 0) is 0 Å². The maximum atomic E-state index is 5.84. The van der Waals surface area contributed by atoms with Crippen molar-refractivity contribution in [1.82, 2.24) is 9.55 Å². The largest absolute Gasteiger partial charge is 0.443 e. The van der Waals surface area contributed by atoms with Gasteiger partial charge in [0, 0.05) is 30.9 Å². The molecule has 0 bridgehead atoms. The summed E-state index contributed by atoms with van der Waals surface area (Å²) in [5, 5.41) is 5.08. The summed E-state index contributed by atoms with van der Waals surface area (Å²) in [5.74, 6) is 0. The molecule has 3 nitrogen and oxygen atoms in total. The van der Waals surface area contributed by atoms with Gasteiger partial charge in [-0.15, -0.1) is 11.3 Å². The van der Waals surface area contributed by atoms with Gasteiger partial charge in [-0.05, 0) is 47.5 Å². The SMILES string of the molecule is c1ccc(-c2cc(-n3c4ccccc4c4cc5sc6ccccc6c5cc43)c3ncoc3c2)cc1. The molecule has 0 spiro atoms. The highest BCUT2D eigenvalue weighted by Gasteiger charge is 2.19. The highest BCUT2D eigenvalue weighted by atomic mass is 32.1. The molecule has 0 radical (unpaired) electrons. The van der Waals surface area contributed by atoms with Gasteiger partial charge in [0.25, 0.3) is 0 Å². The van der Waals surface area contributed by atoms with Gasteiger partial charge in [-0.1, -0.05) is 66.7 Å². The van der Waals surface area contributed by atoms with E-state index in [1.807, 2.05) is 17.4 Å². The van der Waals surface area contributed by atoms with Crippen LogP contribution in [0.15, 0.2) is 114 Å². The number of hydrogen-bond donors (Lipinski definition) is 0. The minimum Gasteiger partial charge on any atom is -0.443 e. The summed E-state index contributed by atoms with van der Waals surface area (Å²) in [6.07, 6.45) is 1.54. The maximum Gasteiger partial charge on any atom is 0.182 e. The van der Waals surface area contributed by atoms with E-state index >= 15 is 0 Å². The molecule has 5 aromatic carbocycles. The molecule has 0 aliphatic carbocycles. The molecule has 0 N–H and O–H groups in total. The average Bonchev–Trinajstić information content (AvgIpc) is 3.61. The summed E-state index contributed by atoms with van der Waals surface area (Å²) in [5.41, 5.74) is 7.28. The molecule has 8 rings (SSSR count). The molecule has 4 heteroatoms. The Kier molecular flexibility index (Phi) is 3.82. The topological polar surface area (TPSA) is 31.0 Å². The lowest BCUT2D eigenvalue weighted by molar-refractivity contribution is 0.602. The summed E-state index contributed by atoms with van der Waals surface area (Å²) in [6, 6.07) is 36.8. The third-order valence-corrected chi connectivity index (χ3v) is 8.07. The van der Waals surface area contributed by atoms with Crippen LogP contribution in [0.3, 0.4) is 0 Å². The molecule has 0 unspecified atom stereocenters. The summed E-state index contributed by atoms with van der Waals surface area (Å²) >= 11 is 1.86. The summed E-state index contributed by atoms with van der Waals surface area (Å²) < 4.78 is 10.8. The minimum absolute atomic E-state index is 0.786. The monoisotopic (exact) mass is 466 g/mol. The van der Waals surface area contributed by atoms with Gasteiger partial charge in [0.1, 0.15) is 5.52 Å². The van der Waals surface area contributed by atoms with Crippen LogP contribution in [0.1, 0.15) is 0 Å². The summed E-state index contributed by atoms with van der Waals surface area (Å²) in [7, 11) is 0. The van der Waals surface area contributed by atoms with Gasteiger partial charge in [0.15, 0.2) is 12.0 Å². The Morgan fingerprint density at radius 1 is 0.600 bits per heavy atom. The van der Waals surface area contributed by atoms with Gasteiger partial charge in [-0.2, -0.15) is 0 Å². The molecular formula is C31H18N2OS. The van der Waals surface area contributed by atoms with Crippen molar-refractivity contribution in [2.24, 2.45) is 0 Å². The first-order valence-corrected chi connectivity index (χ1v) is 12.4. The van der Waals surface area contributed by atoms with Crippen LogP contribution in [0.25, 0.3) is 69.9 Å². The van der Waals surface area contributed by atoms with Crippen molar-refractivity contribution in [2.45, 2.75) is 0 Å². The zero-order valence-corrected chi connectivity index (χ0v) is 19.4. The van der Waals surface area contributed by atoms with Crippen LogP contribution in [0.4, 0.5) is 0 Å². The predicted molar refractivity (Wildman–Crippen MR) is 147 cm³/mol. The standard InChI is InChI=1S/C31H18N2OS/c1-2-8-19(9-3-1)20-14-27(31-28(15-20)34-18-32-31)33-25-12-6-4-10-21(25)23-17-30-24(16-26(23)33)22-11-5-7-13-29(22)35-30/h1-18H. The first kappa shape index (κ1) is 19.0. The Morgan fingerprint density at radius 2 is 1.40 bits per heavy atom. The first-order chi connectivity index (χ1) is 17.3. The van der Waals surface area contributed by atoms with Gasteiger partial charge < -0.3 is 8.98 Å². The highest BCUT2D eigenvalue weighted by molar-refractivity contribution is 7.25. The Hall–Kier alpha value is -4.41. The average molecular weight is 467 g/mol. The van der Waals surface area contributed by atoms with E-state index in [2.05, 4.69) is 107 Å². The summed E-state index contributed by atoms with van der Waals surface area (Å²) in [6.45, 7) is 0. The van der Waals surface area contributed by atoms with Crippen molar-refractivity contribution in [1.29, 1.82) is 0 Å². The summed E-state index contributed by atoms with van der Waals surface area (Å²) in [4.78, 5) is 4.64. The molecule has 164 valence electrons. The lowest BCUT2D eigenvalue weighted by atomic mass is 10.0. The zero-order chi connectivity index (χ0) is 22.9. The number of rotatable bonds is 2. The number of nitrogens with zero attached hydrogens (tertiary/aromatic N) is 2. The second-order valence-electron chi connectivity index (χ2n) is 8.88. The van der Waals surface area contributed by atoms with E-state index in [-0.39, 0.29) is 0 Å². The van der Waals surface area contributed by atoms with Crippen molar-refractivity contribution in [2.75, 3.05) is 0 Å². The number of oxazole rings is 1. The quantitative estimate of drug-likeness (QED) is 0.255. The van der Waals surface area contributed by atoms with Gasteiger partial charge in [-0.3, -0.25) is 0 Å². The molecule has 0 saturated carbocycles. The van der Waals surface area contributed by atoms with Crippen LogP contribution in [0.2, 0.25) is 0 Å². The fraction of sp³-hybridized carbons (Fsp3) is 0. The Balaban J connectivity index is 1.55. The van der Waals surface area contributed by atoms with Crippen molar-refractivity contribution in [3.05, 3.63) is 110 Å². The molecule has 35 heavy (non-hydrogen) atoms. The van der Waals surface area contributed by atoms with E-state index in [4.69, 9.17) is 4.42 Å². The molecular weight excluding hydrogens is 448 g/mol. The fourth-order valence-corrected chi connectivity index (χ4v) is 6.49. The van der Waals surface area contributed by atoms with Crippen molar-refractivity contribution in [3.63, 3.8) is 0 Å². The van der Waals surface area contributed by atoms with E-state index in [1.165, 1.54) is 42.0 Å². The number of para-hydroxylation sites is 1. The van der Waals surface area contributed by atoms with E-state index in [9.17, 15) is 0 Å². The molecule has 0 atom stereocenters. The minimum atomic E-state index is 0.786. The van der Waals surface area contributed by atoms with Gasteiger partial charge in [0.2, 0.25) is 0 Å². The van der Waals surface area contributed by atoms with E-state index < -0.39 is 0 Å². The number of thiophene rings is 1. The Morgan fingerprint density at radius 3 is 2.31 bits per heavy atom. The van der Waals surface area contributed by atoms with Crippen molar-refractivity contribution in [3.8, 4) is 16.8 Å². The third kappa shape index (κ3) is 2.69. The number of hydrogen-bond acceptors (Lipinski definition) is 3. The van der Waals surface area contributed by atoms with Crippen LogP contribution in [0, 0.1) is 0 Å². The molecule has 0 fully saturated rings. The lowest BCUT2D eigenvalue weighted by Gasteiger charge is -2.11. The van der Waals surface area contributed by atoms with Crippen LogP contribution >= 0.6 is 11.3 Å². The lowest BCUT2D eigenvalue weighted by Crippen LogP contribution is -1.96. The molecule has 0 aliphatic heterocycles. The smallest absolute Gasteiger partial charge is 0.182 e. The van der Waals surface area contributed by atoms with Gasteiger partial charge in [-0.25, -0.2) is 4.98 Å². The van der Waals surface area contributed by atoms with Crippen molar-refractivity contribution >= 4 is 64.4 Å². The van der Waals surface area contributed by atoms with Gasteiger partial charge >= 0.3 is 0 Å². The highest BCUT2D eigenvalue weighted by Crippen LogP contribution is 2.41. The molecule has 0 saturated heterocycles. The number of benzene rings is 5. The van der Waals surface area contributed by atoms with Gasteiger partial charge in [0.05, 0.1) is 16.7 Å².